The van der Waals surface area contributed by atoms with Crippen LogP contribution in [0.4, 0.5) is 0 Å². The van der Waals surface area contributed by atoms with Crippen LogP contribution in [-0.4, -0.2) is 33.3 Å². The molecule has 0 saturated heterocycles. The molecule has 2 aromatic heterocycles. The number of hydrogen-bond donors (Lipinski definition) is 1. The summed E-state index contributed by atoms with van der Waals surface area (Å²) in [4.78, 5) is 16.5. The summed E-state index contributed by atoms with van der Waals surface area (Å²) in [6, 6.07) is 11.0. The molecular weight excluding hydrogens is 324 g/mol. The number of para-hydroxylation sites is 2. The van der Waals surface area contributed by atoms with E-state index in [9.17, 15) is 4.79 Å². The summed E-state index contributed by atoms with van der Waals surface area (Å²) in [7, 11) is 1.89. The van der Waals surface area contributed by atoms with E-state index in [1.165, 1.54) is 0 Å². The van der Waals surface area contributed by atoms with Gasteiger partial charge in [0.05, 0.1) is 12.2 Å². The third kappa shape index (κ3) is 3.06. The maximum atomic E-state index is 12.3. The first kappa shape index (κ1) is 15.3. The predicted octanol–water partition coefficient (Wildman–Crippen LogP) is 1.53. The van der Waals surface area contributed by atoms with Crippen molar-refractivity contribution in [2.24, 2.45) is 7.05 Å². The number of aryl methyl sites for hydroxylation is 1. The highest BCUT2D eigenvalue weighted by Crippen LogP contribution is 2.30. The van der Waals surface area contributed by atoms with Crippen molar-refractivity contribution in [2.45, 2.75) is 12.6 Å². The van der Waals surface area contributed by atoms with Crippen LogP contribution in [0.15, 0.2) is 47.1 Å². The standard InChI is InChI=1S/C17H16N4O4/c1-21-8-4-5-11(21)16-19-15(25-20-16)9-18-17(22)14-10-23-12-6-2-3-7-13(12)24-14/h2-8,14H,9-10H2,1H3,(H,18,22). The monoisotopic (exact) mass is 340 g/mol. The first-order valence-electron chi connectivity index (χ1n) is 7.81. The second-order valence-corrected chi connectivity index (χ2v) is 5.60. The van der Waals surface area contributed by atoms with Crippen molar-refractivity contribution < 1.29 is 18.8 Å². The molecule has 0 bridgehead atoms. The number of nitrogens with one attached hydrogen (secondary N) is 1. The second-order valence-electron chi connectivity index (χ2n) is 5.60. The summed E-state index contributed by atoms with van der Waals surface area (Å²) >= 11 is 0. The van der Waals surface area contributed by atoms with Gasteiger partial charge in [-0.1, -0.05) is 17.3 Å². The smallest absolute Gasteiger partial charge is 0.265 e. The van der Waals surface area contributed by atoms with Gasteiger partial charge in [-0.25, -0.2) is 0 Å². The fourth-order valence-corrected chi connectivity index (χ4v) is 2.55. The van der Waals surface area contributed by atoms with Crippen molar-refractivity contribution in [3.8, 4) is 23.0 Å². The number of rotatable bonds is 4. The lowest BCUT2D eigenvalue weighted by Gasteiger charge is -2.25. The van der Waals surface area contributed by atoms with E-state index in [4.69, 9.17) is 14.0 Å². The number of benzene rings is 1. The number of aromatic nitrogens is 3. The molecule has 0 saturated carbocycles. The van der Waals surface area contributed by atoms with Crippen molar-refractivity contribution in [1.29, 1.82) is 0 Å². The molecule has 25 heavy (non-hydrogen) atoms. The first-order valence-corrected chi connectivity index (χ1v) is 7.81. The number of hydrogen-bond acceptors (Lipinski definition) is 6. The zero-order valence-corrected chi connectivity index (χ0v) is 13.5. The molecule has 0 radical (unpaired) electrons. The lowest BCUT2D eigenvalue weighted by atomic mass is 10.2. The average molecular weight is 340 g/mol. The van der Waals surface area contributed by atoms with Crippen molar-refractivity contribution in [3.05, 3.63) is 48.5 Å². The third-order valence-electron chi connectivity index (χ3n) is 3.86. The van der Waals surface area contributed by atoms with E-state index in [0.29, 0.717) is 23.2 Å². The maximum absolute atomic E-state index is 12.3. The first-order chi connectivity index (χ1) is 12.2. The normalized spacial score (nSPS) is 15.8. The van der Waals surface area contributed by atoms with Crippen molar-refractivity contribution in [2.75, 3.05) is 6.61 Å². The third-order valence-corrected chi connectivity index (χ3v) is 3.86. The van der Waals surface area contributed by atoms with Crippen molar-refractivity contribution in [3.63, 3.8) is 0 Å². The van der Waals surface area contributed by atoms with E-state index in [0.717, 1.165) is 5.69 Å². The van der Waals surface area contributed by atoms with Gasteiger partial charge in [-0.2, -0.15) is 4.98 Å². The molecule has 128 valence electrons. The fourth-order valence-electron chi connectivity index (χ4n) is 2.55. The Morgan fingerprint density at radius 3 is 2.92 bits per heavy atom. The second kappa shape index (κ2) is 6.31. The lowest BCUT2D eigenvalue weighted by Crippen LogP contribution is -2.43. The molecule has 1 aliphatic heterocycles. The van der Waals surface area contributed by atoms with E-state index in [1.54, 1.807) is 12.1 Å². The van der Waals surface area contributed by atoms with Gasteiger partial charge in [-0.05, 0) is 24.3 Å². The van der Waals surface area contributed by atoms with E-state index in [2.05, 4.69) is 15.5 Å². The highest BCUT2D eigenvalue weighted by atomic mass is 16.6. The van der Waals surface area contributed by atoms with E-state index in [-0.39, 0.29) is 19.1 Å². The molecule has 0 aliphatic carbocycles. The Morgan fingerprint density at radius 1 is 1.28 bits per heavy atom. The van der Waals surface area contributed by atoms with Crippen LogP contribution in [0.5, 0.6) is 11.5 Å². The average Bonchev–Trinajstić information content (AvgIpc) is 3.27. The minimum Gasteiger partial charge on any atom is -0.485 e. The van der Waals surface area contributed by atoms with Gasteiger partial charge in [-0.15, -0.1) is 0 Å². The number of ether oxygens (including phenoxy) is 2. The highest BCUT2D eigenvalue weighted by Gasteiger charge is 2.27. The molecule has 8 nitrogen and oxygen atoms in total. The van der Waals surface area contributed by atoms with Crippen LogP contribution >= 0.6 is 0 Å². The Hall–Kier alpha value is -3.29. The van der Waals surface area contributed by atoms with Gasteiger partial charge in [0.2, 0.25) is 17.8 Å². The summed E-state index contributed by atoms with van der Waals surface area (Å²) in [5, 5.41) is 6.65. The van der Waals surface area contributed by atoms with Gasteiger partial charge in [0.25, 0.3) is 5.91 Å². The van der Waals surface area contributed by atoms with Crippen LogP contribution in [0.2, 0.25) is 0 Å². The van der Waals surface area contributed by atoms with Gasteiger partial charge in [0.1, 0.15) is 6.61 Å². The highest BCUT2D eigenvalue weighted by molar-refractivity contribution is 5.81. The van der Waals surface area contributed by atoms with Crippen molar-refractivity contribution in [1.82, 2.24) is 20.0 Å². The van der Waals surface area contributed by atoms with Crippen LogP contribution in [0.1, 0.15) is 5.89 Å². The zero-order chi connectivity index (χ0) is 17.2. The van der Waals surface area contributed by atoms with Crippen LogP contribution in [0, 0.1) is 0 Å². The van der Waals surface area contributed by atoms with Gasteiger partial charge in [-0.3, -0.25) is 4.79 Å². The number of carbonyl (C=O) groups is 1. The molecule has 1 aromatic carbocycles. The molecule has 3 heterocycles. The molecule has 1 amide bonds. The largest absolute Gasteiger partial charge is 0.485 e. The summed E-state index contributed by atoms with van der Waals surface area (Å²) in [5.41, 5.74) is 0.835. The lowest BCUT2D eigenvalue weighted by molar-refractivity contribution is -0.130. The summed E-state index contributed by atoms with van der Waals surface area (Å²) < 4.78 is 18.3. The molecular formula is C17H16N4O4. The molecule has 3 aromatic rings. The molecule has 0 fully saturated rings. The summed E-state index contributed by atoms with van der Waals surface area (Å²) in [6.07, 6.45) is 1.18. The SMILES string of the molecule is Cn1cccc1-c1noc(CNC(=O)C2COc3ccccc3O2)n1. The maximum Gasteiger partial charge on any atom is 0.265 e. The molecule has 4 rings (SSSR count). The van der Waals surface area contributed by atoms with Gasteiger partial charge >= 0.3 is 0 Å². The topological polar surface area (TPSA) is 91.4 Å². The summed E-state index contributed by atoms with van der Waals surface area (Å²) in [6.45, 7) is 0.277. The van der Waals surface area contributed by atoms with E-state index < -0.39 is 6.10 Å². The molecule has 1 atom stereocenters. The minimum atomic E-state index is -0.717. The van der Waals surface area contributed by atoms with Crippen LogP contribution in [-0.2, 0) is 18.4 Å². The fraction of sp³-hybridized carbons (Fsp3) is 0.235. The number of carbonyl (C=O) groups excluding carboxylic acids is 1. The predicted molar refractivity (Wildman–Crippen MR) is 86.9 cm³/mol. The quantitative estimate of drug-likeness (QED) is 0.774. The Labute approximate surface area is 143 Å². The van der Waals surface area contributed by atoms with Gasteiger partial charge < -0.3 is 23.9 Å². The number of nitrogens with zero attached hydrogens (tertiary/aromatic N) is 3. The Kier molecular flexibility index (Phi) is 3.85. The van der Waals surface area contributed by atoms with E-state index in [1.807, 2.05) is 42.1 Å². The van der Waals surface area contributed by atoms with Gasteiger partial charge in [0.15, 0.2) is 11.5 Å². The molecule has 8 heteroatoms. The summed E-state index contributed by atoms with van der Waals surface area (Å²) in [5.74, 6) is 1.69. The number of amides is 1. The molecule has 1 aliphatic rings. The van der Waals surface area contributed by atoms with Crippen LogP contribution < -0.4 is 14.8 Å². The van der Waals surface area contributed by atoms with Crippen molar-refractivity contribution >= 4 is 5.91 Å². The Bertz CT molecular complexity index is 901. The molecule has 0 spiro atoms. The Balaban J connectivity index is 1.37. The van der Waals surface area contributed by atoms with E-state index >= 15 is 0 Å². The molecule has 1 unspecified atom stereocenters. The minimum absolute atomic E-state index is 0.123. The van der Waals surface area contributed by atoms with Crippen LogP contribution in [0.25, 0.3) is 11.5 Å². The zero-order valence-electron chi connectivity index (χ0n) is 13.5. The van der Waals surface area contributed by atoms with Crippen LogP contribution in [0.3, 0.4) is 0 Å². The molecule has 1 N–H and O–H groups in total. The Morgan fingerprint density at radius 2 is 2.12 bits per heavy atom. The van der Waals surface area contributed by atoms with Gasteiger partial charge in [0, 0.05) is 13.2 Å². The number of fused-ring (bicyclic) bond motifs is 1.